The first kappa shape index (κ1) is 12.9. The third-order valence-corrected chi connectivity index (χ3v) is 4.31. The largest absolute Gasteiger partial charge is 0.460 e. The fourth-order valence-corrected chi connectivity index (χ4v) is 2.97. The van der Waals surface area contributed by atoms with Gasteiger partial charge in [0.05, 0.1) is 5.92 Å². The van der Waals surface area contributed by atoms with E-state index >= 15 is 0 Å². The summed E-state index contributed by atoms with van der Waals surface area (Å²) in [5.41, 5.74) is 0. The number of piperidine rings is 2. The molecule has 98 valence electrons. The van der Waals surface area contributed by atoms with Crippen molar-refractivity contribution in [2.45, 2.75) is 64.5 Å². The molecule has 2 rings (SSSR count). The second-order valence-electron chi connectivity index (χ2n) is 5.53. The molecule has 0 spiro atoms. The number of fused-ring (bicyclic) bond motifs is 1. The first-order chi connectivity index (χ1) is 8.22. The van der Waals surface area contributed by atoms with Crippen LogP contribution in [0.4, 0.5) is 0 Å². The van der Waals surface area contributed by atoms with Gasteiger partial charge in [0.25, 0.3) is 0 Å². The van der Waals surface area contributed by atoms with E-state index in [2.05, 4.69) is 4.90 Å². The summed E-state index contributed by atoms with van der Waals surface area (Å²) >= 11 is 0. The summed E-state index contributed by atoms with van der Waals surface area (Å²) < 4.78 is 5.73. The molecule has 0 amide bonds. The Bertz CT molecular complexity index is 265. The Kier molecular flexibility index (Phi) is 4.43. The Morgan fingerprint density at radius 2 is 2.06 bits per heavy atom. The summed E-state index contributed by atoms with van der Waals surface area (Å²) in [4.78, 5) is 14.4. The van der Waals surface area contributed by atoms with Gasteiger partial charge in [0.2, 0.25) is 0 Å². The Balaban J connectivity index is 1.92. The Morgan fingerprint density at radius 1 is 1.29 bits per heavy atom. The van der Waals surface area contributed by atoms with E-state index < -0.39 is 0 Å². The maximum Gasteiger partial charge on any atom is 0.308 e. The van der Waals surface area contributed by atoms with E-state index in [1.54, 1.807) is 0 Å². The lowest BCUT2D eigenvalue weighted by molar-refractivity contribution is -0.160. The van der Waals surface area contributed by atoms with Crippen LogP contribution in [0.5, 0.6) is 0 Å². The SMILES string of the molecule is CC[C@H](C)C(=O)O[C@H]1CCCN2CCCC[C@@H]12. The molecule has 3 nitrogen and oxygen atoms in total. The average Bonchev–Trinajstić information content (AvgIpc) is 2.38. The molecular formula is C14H25NO2. The van der Waals surface area contributed by atoms with Gasteiger partial charge in [-0.2, -0.15) is 0 Å². The first-order valence-electron chi connectivity index (χ1n) is 7.17. The van der Waals surface area contributed by atoms with Gasteiger partial charge < -0.3 is 4.74 Å². The zero-order valence-corrected chi connectivity index (χ0v) is 11.2. The van der Waals surface area contributed by atoms with Crippen LogP contribution in [0.15, 0.2) is 0 Å². The van der Waals surface area contributed by atoms with Crippen molar-refractivity contribution in [1.29, 1.82) is 0 Å². The topological polar surface area (TPSA) is 29.5 Å². The standard InChI is InChI=1S/C14H25NO2/c1-3-11(2)14(16)17-13-8-6-10-15-9-5-4-7-12(13)15/h11-13H,3-10H2,1-2H3/t11-,12-,13-/m0/s1. The van der Waals surface area contributed by atoms with Gasteiger partial charge in [0.1, 0.15) is 6.10 Å². The molecular weight excluding hydrogens is 214 g/mol. The van der Waals surface area contributed by atoms with E-state index in [1.165, 1.54) is 38.8 Å². The van der Waals surface area contributed by atoms with E-state index in [4.69, 9.17) is 4.74 Å². The van der Waals surface area contributed by atoms with E-state index in [0.29, 0.717) is 6.04 Å². The number of rotatable bonds is 3. The minimum atomic E-state index is 0.00456. The molecule has 3 heteroatoms. The molecule has 0 aromatic carbocycles. The van der Waals surface area contributed by atoms with Crippen molar-refractivity contribution >= 4 is 5.97 Å². The lowest BCUT2D eigenvalue weighted by atomic mass is 9.90. The van der Waals surface area contributed by atoms with Crippen LogP contribution in [0.25, 0.3) is 0 Å². The highest BCUT2D eigenvalue weighted by Crippen LogP contribution is 2.28. The maximum atomic E-state index is 11.9. The molecule has 0 aromatic heterocycles. The fraction of sp³-hybridized carbons (Fsp3) is 0.929. The van der Waals surface area contributed by atoms with E-state index in [9.17, 15) is 4.79 Å². The number of hydrogen-bond donors (Lipinski definition) is 0. The molecule has 0 unspecified atom stereocenters. The number of nitrogens with zero attached hydrogens (tertiary/aromatic N) is 1. The molecule has 0 bridgehead atoms. The highest BCUT2D eigenvalue weighted by Gasteiger charge is 2.35. The first-order valence-corrected chi connectivity index (χ1v) is 7.17. The molecule has 2 fully saturated rings. The van der Waals surface area contributed by atoms with Gasteiger partial charge in [-0.3, -0.25) is 9.69 Å². The number of ether oxygens (including phenoxy) is 1. The van der Waals surface area contributed by atoms with Crippen LogP contribution in [0.3, 0.4) is 0 Å². The van der Waals surface area contributed by atoms with Gasteiger partial charge in [-0.05, 0) is 45.2 Å². The van der Waals surface area contributed by atoms with Crippen molar-refractivity contribution < 1.29 is 9.53 Å². The summed E-state index contributed by atoms with van der Waals surface area (Å²) in [5.74, 6) is 0.0545. The molecule has 0 N–H and O–H groups in total. The van der Waals surface area contributed by atoms with Gasteiger partial charge in [-0.1, -0.05) is 20.3 Å². The Labute approximate surface area is 105 Å². The quantitative estimate of drug-likeness (QED) is 0.709. The number of esters is 1. The van der Waals surface area contributed by atoms with Crippen LogP contribution in [0.1, 0.15) is 52.4 Å². The molecule has 2 aliphatic rings. The summed E-state index contributed by atoms with van der Waals surface area (Å²) in [6.45, 7) is 6.40. The number of carbonyl (C=O) groups excluding carboxylic acids is 1. The van der Waals surface area contributed by atoms with E-state index in [1.807, 2.05) is 13.8 Å². The van der Waals surface area contributed by atoms with Crippen molar-refractivity contribution in [3.05, 3.63) is 0 Å². The Hall–Kier alpha value is -0.570. The van der Waals surface area contributed by atoms with Crippen LogP contribution >= 0.6 is 0 Å². The average molecular weight is 239 g/mol. The third-order valence-electron chi connectivity index (χ3n) is 4.31. The van der Waals surface area contributed by atoms with Gasteiger partial charge >= 0.3 is 5.97 Å². The second-order valence-corrected chi connectivity index (χ2v) is 5.53. The molecule has 2 saturated heterocycles. The van der Waals surface area contributed by atoms with Crippen molar-refractivity contribution in [2.75, 3.05) is 13.1 Å². The monoisotopic (exact) mass is 239 g/mol. The predicted octanol–water partition coefficient (Wildman–Crippen LogP) is 2.59. The van der Waals surface area contributed by atoms with Gasteiger partial charge in [-0.25, -0.2) is 0 Å². The Morgan fingerprint density at radius 3 is 2.82 bits per heavy atom. The fourth-order valence-electron chi connectivity index (χ4n) is 2.97. The summed E-state index contributed by atoms with van der Waals surface area (Å²) in [5, 5.41) is 0. The summed E-state index contributed by atoms with van der Waals surface area (Å²) in [6, 6.07) is 0.505. The maximum absolute atomic E-state index is 11.9. The van der Waals surface area contributed by atoms with E-state index in [0.717, 1.165) is 12.8 Å². The summed E-state index contributed by atoms with van der Waals surface area (Å²) in [6.07, 6.45) is 7.07. The highest BCUT2D eigenvalue weighted by molar-refractivity contribution is 5.72. The van der Waals surface area contributed by atoms with Crippen LogP contribution in [-0.4, -0.2) is 36.1 Å². The normalized spacial score (nSPS) is 31.6. The minimum Gasteiger partial charge on any atom is -0.460 e. The molecule has 0 radical (unpaired) electrons. The second kappa shape index (κ2) is 5.85. The smallest absolute Gasteiger partial charge is 0.308 e. The third kappa shape index (κ3) is 3.01. The molecule has 2 heterocycles. The van der Waals surface area contributed by atoms with Crippen molar-refractivity contribution in [3.8, 4) is 0 Å². The van der Waals surface area contributed by atoms with Gasteiger partial charge in [0, 0.05) is 6.04 Å². The number of carbonyl (C=O) groups is 1. The van der Waals surface area contributed by atoms with Gasteiger partial charge in [0.15, 0.2) is 0 Å². The lowest BCUT2D eigenvalue weighted by Gasteiger charge is -2.43. The molecule has 3 atom stereocenters. The minimum absolute atomic E-state index is 0.00456. The zero-order chi connectivity index (χ0) is 12.3. The van der Waals surface area contributed by atoms with Crippen LogP contribution < -0.4 is 0 Å². The van der Waals surface area contributed by atoms with Crippen molar-refractivity contribution in [1.82, 2.24) is 4.90 Å². The summed E-state index contributed by atoms with van der Waals surface area (Å²) in [7, 11) is 0. The molecule has 2 aliphatic heterocycles. The highest BCUT2D eigenvalue weighted by atomic mass is 16.5. The lowest BCUT2D eigenvalue weighted by Crippen LogP contribution is -2.52. The van der Waals surface area contributed by atoms with Crippen LogP contribution in [0, 0.1) is 5.92 Å². The molecule has 0 aromatic rings. The molecule has 0 aliphatic carbocycles. The molecule has 17 heavy (non-hydrogen) atoms. The van der Waals surface area contributed by atoms with Crippen molar-refractivity contribution in [2.24, 2.45) is 5.92 Å². The van der Waals surface area contributed by atoms with Crippen LogP contribution in [-0.2, 0) is 9.53 Å². The number of hydrogen-bond acceptors (Lipinski definition) is 3. The van der Waals surface area contributed by atoms with Crippen molar-refractivity contribution in [3.63, 3.8) is 0 Å². The van der Waals surface area contributed by atoms with E-state index in [-0.39, 0.29) is 18.0 Å². The van der Waals surface area contributed by atoms with Gasteiger partial charge in [-0.15, -0.1) is 0 Å². The predicted molar refractivity (Wildman–Crippen MR) is 67.8 cm³/mol. The molecule has 0 saturated carbocycles. The van der Waals surface area contributed by atoms with Crippen LogP contribution in [0.2, 0.25) is 0 Å². The zero-order valence-electron chi connectivity index (χ0n) is 11.2.